The van der Waals surface area contributed by atoms with Gasteiger partial charge in [-0.25, -0.2) is 4.98 Å². The number of para-hydroxylation sites is 2. The highest BCUT2D eigenvalue weighted by molar-refractivity contribution is 8.01. The number of hydrogen-bond donors (Lipinski definition) is 1. The number of aryl methyl sites for hydroxylation is 1. The van der Waals surface area contributed by atoms with Crippen molar-refractivity contribution in [3.05, 3.63) is 69.6 Å². The third kappa shape index (κ3) is 4.47. The van der Waals surface area contributed by atoms with Gasteiger partial charge in [0.05, 0.1) is 16.4 Å². The summed E-state index contributed by atoms with van der Waals surface area (Å²) in [7, 11) is 0. The summed E-state index contributed by atoms with van der Waals surface area (Å²) < 4.78 is 0.776. The summed E-state index contributed by atoms with van der Waals surface area (Å²) in [6, 6.07) is 14.2. The van der Waals surface area contributed by atoms with Crippen LogP contribution in [0.25, 0.3) is 11.3 Å². The van der Waals surface area contributed by atoms with Crippen molar-refractivity contribution in [3.63, 3.8) is 0 Å². The van der Waals surface area contributed by atoms with Gasteiger partial charge < -0.3 is 5.32 Å². The Hall–Kier alpha value is -2.71. The van der Waals surface area contributed by atoms with Gasteiger partial charge in [0.1, 0.15) is 5.69 Å². The first-order chi connectivity index (χ1) is 12.5. The van der Waals surface area contributed by atoms with Crippen molar-refractivity contribution < 1.29 is 9.72 Å². The number of benzene rings is 2. The zero-order valence-electron chi connectivity index (χ0n) is 13.8. The van der Waals surface area contributed by atoms with Gasteiger partial charge in [-0.1, -0.05) is 53.7 Å². The van der Waals surface area contributed by atoms with Crippen molar-refractivity contribution in [3.8, 4) is 11.3 Å². The van der Waals surface area contributed by atoms with Gasteiger partial charge in [-0.2, -0.15) is 0 Å². The van der Waals surface area contributed by atoms with Crippen LogP contribution < -0.4 is 5.32 Å². The van der Waals surface area contributed by atoms with E-state index in [2.05, 4.69) is 10.3 Å². The number of nitrogens with zero attached hydrogens (tertiary/aromatic N) is 2. The zero-order chi connectivity index (χ0) is 18.5. The van der Waals surface area contributed by atoms with E-state index in [9.17, 15) is 14.9 Å². The number of anilines is 1. The molecule has 0 saturated heterocycles. The van der Waals surface area contributed by atoms with Gasteiger partial charge in [-0.3, -0.25) is 14.9 Å². The van der Waals surface area contributed by atoms with E-state index in [1.54, 1.807) is 12.1 Å². The van der Waals surface area contributed by atoms with Crippen LogP contribution in [0, 0.1) is 17.0 Å². The van der Waals surface area contributed by atoms with Crippen molar-refractivity contribution in [1.29, 1.82) is 0 Å². The highest BCUT2D eigenvalue weighted by Crippen LogP contribution is 2.29. The average Bonchev–Trinajstić information content (AvgIpc) is 3.10. The second-order valence-corrected chi connectivity index (χ2v) is 7.56. The molecule has 2 aromatic carbocycles. The molecule has 0 unspecified atom stereocenters. The molecule has 0 aliphatic heterocycles. The zero-order valence-corrected chi connectivity index (χ0v) is 15.5. The Morgan fingerprint density at radius 2 is 1.96 bits per heavy atom. The molecule has 26 heavy (non-hydrogen) atoms. The summed E-state index contributed by atoms with van der Waals surface area (Å²) in [5.41, 5.74) is 3.16. The van der Waals surface area contributed by atoms with Gasteiger partial charge >= 0.3 is 0 Å². The maximum Gasteiger partial charge on any atom is 0.292 e. The molecule has 0 bridgehead atoms. The number of carbonyl (C=O) groups excluding carboxylic acids is 1. The highest BCUT2D eigenvalue weighted by Gasteiger charge is 2.15. The first-order valence-corrected chi connectivity index (χ1v) is 9.58. The first kappa shape index (κ1) is 18.1. The number of nitro benzene ring substituents is 1. The third-order valence-electron chi connectivity index (χ3n) is 3.53. The Kier molecular flexibility index (Phi) is 5.65. The van der Waals surface area contributed by atoms with E-state index in [1.165, 1.54) is 40.8 Å². The van der Waals surface area contributed by atoms with E-state index in [0.717, 1.165) is 15.6 Å². The lowest BCUT2D eigenvalue weighted by molar-refractivity contribution is -0.383. The topological polar surface area (TPSA) is 85.1 Å². The smallest absolute Gasteiger partial charge is 0.292 e. The van der Waals surface area contributed by atoms with Crippen LogP contribution >= 0.6 is 23.1 Å². The minimum atomic E-state index is -0.516. The van der Waals surface area contributed by atoms with Crippen LogP contribution in [0.3, 0.4) is 0 Å². The number of amides is 1. The molecular formula is C18H15N3O3S2. The second kappa shape index (κ2) is 8.11. The largest absolute Gasteiger partial charge is 0.320 e. The number of nitrogens with one attached hydrogen (secondary N) is 1. The summed E-state index contributed by atoms with van der Waals surface area (Å²) in [6.07, 6.45) is 0. The number of thioether (sulfide) groups is 1. The molecule has 3 aromatic rings. The second-order valence-electron chi connectivity index (χ2n) is 5.48. The van der Waals surface area contributed by atoms with Gasteiger partial charge in [0.15, 0.2) is 4.34 Å². The molecule has 0 atom stereocenters. The van der Waals surface area contributed by atoms with E-state index in [0.29, 0.717) is 0 Å². The molecule has 1 amide bonds. The fourth-order valence-corrected chi connectivity index (χ4v) is 3.87. The maximum absolute atomic E-state index is 12.1. The van der Waals surface area contributed by atoms with Crippen molar-refractivity contribution in [2.75, 3.05) is 11.1 Å². The monoisotopic (exact) mass is 385 g/mol. The Labute approximate surface area is 158 Å². The van der Waals surface area contributed by atoms with E-state index < -0.39 is 4.92 Å². The Morgan fingerprint density at radius 3 is 2.69 bits per heavy atom. The molecule has 0 radical (unpaired) electrons. The molecule has 0 aliphatic rings. The van der Waals surface area contributed by atoms with Crippen LogP contribution in [0.2, 0.25) is 0 Å². The predicted octanol–water partition coefficient (Wildman–Crippen LogP) is 4.76. The van der Waals surface area contributed by atoms with Crippen molar-refractivity contribution >= 4 is 40.4 Å². The SMILES string of the molecule is Cc1ccc(-c2csc(SCC(=O)Nc3ccccc3[N+](=O)[O-])n2)cc1. The van der Waals surface area contributed by atoms with E-state index in [1.807, 2.05) is 36.6 Å². The Bertz CT molecular complexity index is 939. The number of carbonyl (C=O) groups is 1. The molecule has 1 aromatic heterocycles. The standard InChI is InChI=1S/C18H15N3O3S2/c1-12-6-8-13(9-7-12)15-10-25-18(20-15)26-11-17(22)19-14-4-2-3-5-16(14)21(23)24/h2-10H,11H2,1H3,(H,19,22). The van der Waals surface area contributed by atoms with Crippen LogP contribution in [-0.2, 0) is 4.79 Å². The van der Waals surface area contributed by atoms with Gasteiger partial charge in [0.2, 0.25) is 5.91 Å². The molecule has 1 heterocycles. The molecule has 6 nitrogen and oxygen atoms in total. The molecule has 1 N–H and O–H groups in total. The number of thiazole rings is 1. The van der Waals surface area contributed by atoms with Crippen molar-refractivity contribution in [2.24, 2.45) is 0 Å². The van der Waals surface area contributed by atoms with Gasteiger partial charge in [0, 0.05) is 17.0 Å². The number of aromatic nitrogens is 1. The van der Waals surface area contributed by atoms with Gasteiger partial charge in [-0.05, 0) is 13.0 Å². The van der Waals surface area contributed by atoms with E-state index in [4.69, 9.17) is 0 Å². The lowest BCUT2D eigenvalue weighted by atomic mass is 10.1. The minimum Gasteiger partial charge on any atom is -0.320 e. The third-order valence-corrected chi connectivity index (χ3v) is 5.55. The molecule has 132 valence electrons. The summed E-state index contributed by atoms with van der Waals surface area (Å²) in [6.45, 7) is 2.03. The summed E-state index contributed by atoms with van der Waals surface area (Å²) in [4.78, 5) is 27.1. The quantitative estimate of drug-likeness (QED) is 0.376. The van der Waals surface area contributed by atoms with E-state index in [-0.39, 0.29) is 23.0 Å². The van der Waals surface area contributed by atoms with Gasteiger partial charge in [-0.15, -0.1) is 11.3 Å². The van der Waals surface area contributed by atoms with Crippen molar-refractivity contribution in [1.82, 2.24) is 4.98 Å². The highest BCUT2D eigenvalue weighted by atomic mass is 32.2. The summed E-state index contributed by atoms with van der Waals surface area (Å²) in [5.74, 6) is -0.177. The average molecular weight is 385 g/mol. The normalized spacial score (nSPS) is 10.5. The van der Waals surface area contributed by atoms with Crippen LogP contribution in [0.5, 0.6) is 0 Å². The number of rotatable bonds is 6. The number of hydrogen-bond acceptors (Lipinski definition) is 6. The summed E-state index contributed by atoms with van der Waals surface area (Å²) in [5, 5.41) is 15.5. The van der Waals surface area contributed by atoms with E-state index >= 15 is 0 Å². The first-order valence-electron chi connectivity index (χ1n) is 7.71. The molecule has 0 aliphatic carbocycles. The lowest BCUT2D eigenvalue weighted by Gasteiger charge is -2.04. The lowest BCUT2D eigenvalue weighted by Crippen LogP contribution is -2.15. The molecule has 8 heteroatoms. The predicted molar refractivity (Wildman–Crippen MR) is 105 cm³/mol. The van der Waals surface area contributed by atoms with Crippen molar-refractivity contribution in [2.45, 2.75) is 11.3 Å². The van der Waals surface area contributed by atoms with Crippen LogP contribution in [0.4, 0.5) is 11.4 Å². The van der Waals surface area contributed by atoms with Crippen LogP contribution in [0.15, 0.2) is 58.3 Å². The molecule has 0 saturated carbocycles. The Balaban J connectivity index is 1.60. The number of nitro groups is 1. The fourth-order valence-electron chi connectivity index (χ4n) is 2.23. The van der Waals surface area contributed by atoms with Crippen LogP contribution in [0.1, 0.15) is 5.56 Å². The van der Waals surface area contributed by atoms with Crippen LogP contribution in [-0.4, -0.2) is 21.6 Å². The summed E-state index contributed by atoms with van der Waals surface area (Å²) >= 11 is 2.77. The minimum absolute atomic E-state index is 0.123. The maximum atomic E-state index is 12.1. The molecule has 0 spiro atoms. The molecular weight excluding hydrogens is 370 g/mol. The van der Waals surface area contributed by atoms with Gasteiger partial charge in [0.25, 0.3) is 5.69 Å². The fraction of sp³-hybridized carbons (Fsp3) is 0.111. The molecule has 3 rings (SSSR count). The molecule has 0 fully saturated rings. The Morgan fingerprint density at radius 1 is 1.23 bits per heavy atom.